The van der Waals surface area contributed by atoms with E-state index in [1.165, 1.54) is 0 Å². The molecular formula is C6H7NO3. The highest BCUT2D eigenvalue weighted by atomic mass is 16.7. The van der Waals surface area contributed by atoms with Gasteiger partial charge < -0.3 is 14.3 Å². The van der Waals surface area contributed by atoms with Gasteiger partial charge in [-0.2, -0.15) is 0 Å². The van der Waals surface area contributed by atoms with Gasteiger partial charge in [0.25, 0.3) is 5.90 Å². The van der Waals surface area contributed by atoms with Crippen LogP contribution in [0, 0.1) is 0 Å². The molecule has 2 atom stereocenters. The maximum absolute atomic E-state index is 5.12. The molecule has 0 aromatic heterocycles. The van der Waals surface area contributed by atoms with Crippen LogP contribution in [0.3, 0.4) is 0 Å². The molecule has 0 aromatic rings. The highest BCUT2D eigenvalue weighted by molar-refractivity contribution is 5.83. The molecule has 4 heteroatoms. The Kier molecular flexibility index (Phi) is 1.06. The maximum atomic E-state index is 5.12. The molecule has 4 nitrogen and oxygen atoms in total. The summed E-state index contributed by atoms with van der Waals surface area (Å²) in [5.41, 5.74) is 0. The molecule has 0 radical (unpaired) electrons. The normalized spacial score (nSPS) is 34.3. The van der Waals surface area contributed by atoms with Crippen molar-refractivity contribution in [2.75, 3.05) is 7.11 Å². The van der Waals surface area contributed by atoms with E-state index in [2.05, 4.69) is 5.16 Å². The van der Waals surface area contributed by atoms with Gasteiger partial charge in [-0.25, -0.2) is 0 Å². The van der Waals surface area contributed by atoms with Crippen molar-refractivity contribution in [1.29, 1.82) is 0 Å². The van der Waals surface area contributed by atoms with Crippen LogP contribution >= 0.6 is 0 Å². The van der Waals surface area contributed by atoms with Gasteiger partial charge in [0.15, 0.2) is 6.10 Å². The van der Waals surface area contributed by atoms with Crippen LogP contribution in [0.1, 0.15) is 0 Å². The molecule has 2 heterocycles. The Bertz CT molecular complexity index is 199. The lowest BCUT2D eigenvalue weighted by molar-refractivity contribution is 0.0665. The summed E-state index contributed by atoms with van der Waals surface area (Å²) in [5.74, 6) is 0.509. The number of oxime groups is 1. The summed E-state index contributed by atoms with van der Waals surface area (Å²) in [6, 6.07) is 0. The van der Waals surface area contributed by atoms with Crippen LogP contribution in [0.5, 0.6) is 0 Å². The van der Waals surface area contributed by atoms with Crippen molar-refractivity contribution in [2.45, 2.75) is 12.2 Å². The average Bonchev–Trinajstić information content (AvgIpc) is 2.44. The minimum absolute atomic E-state index is 0.0741. The molecule has 0 fully saturated rings. The van der Waals surface area contributed by atoms with E-state index in [1.54, 1.807) is 19.4 Å². The quantitative estimate of drug-likeness (QED) is 0.485. The van der Waals surface area contributed by atoms with Gasteiger partial charge in [0, 0.05) is 0 Å². The zero-order chi connectivity index (χ0) is 6.97. The van der Waals surface area contributed by atoms with Crippen LogP contribution in [-0.2, 0) is 14.3 Å². The highest BCUT2D eigenvalue weighted by Gasteiger charge is 2.38. The number of ether oxygens (including phenoxy) is 2. The molecule has 2 aliphatic rings. The van der Waals surface area contributed by atoms with E-state index < -0.39 is 0 Å². The third kappa shape index (κ3) is 0.586. The fourth-order valence-electron chi connectivity index (χ4n) is 0.993. The zero-order valence-corrected chi connectivity index (χ0v) is 5.48. The van der Waals surface area contributed by atoms with Gasteiger partial charge in [-0.3, -0.25) is 0 Å². The lowest BCUT2D eigenvalue weighted by Gasteiger charge is -2.06. The van der Waals surface area contributed by atoms with E-state index in [1.807, 2.05) is 0 Å². The summed E-state index contributed by atoms with van der Waals surface area (Å²) in [5, 5.41) is 3.66. The van der Waals surface area contributed by atoms with Gasteiger partial charge >= 0.3 is 0 Å². The number of rotatable bonds is 0. The Hall–Kier alpha value is -1.19. The highest BCUT2D eigenvalue weighted by Crippen LogP contribution is 2.21. The lowest BCUT2D eigenvalue weighted by Crippen LogP contribution is -2.26. The van der Waals surface area contributed by atoms with E-state index in [-0.39, 0.29) is 12.2 Å². The SMILES string of the molecule is COC1=NO[C@@H]2C=CO[C@@H]12. The summed E-state index contributed by atoms with van der Waals surface area (Å²) in [7, 11) is 1.55. The molecule has 54 valence electrons. The Morgan fingerprint density at radius 3 is 3.40 bits per heavy atom. The number of nitrogens with zero attached hydrogens (tertiary/aromatic N) is 1. The third-order valence-electron chi connectivity index (χ3n) is 1.51. The maximum Gasteiger partial charge on any atom is 0.271 e. The van der Waals surface area contributed by atoms with E-state index in [0.29, 0.717) is 5.90 Å². The zero-order valence-electron chi connectivity index (χ0n) is 5.48. The Morgan fingerprint density at radius 1 is 1.70 bits per heavy atom. The second-order valence-corrected chi connectivity index (χ2v) is 2.09. The van der Waals surface area contributed by atoms with Crippen molar-refractivity contribution in [3.63, 3.8) is 0 Å². The second-order valence-electron chi connectivity index (χ2n) is 2.09. The summed E-state index contributed by atoms with van der Waals surface area (Å²) < 4.78 is 10.0. The van der Waals surface area contributed by atoms with Crippen molar-refractivity contribution < 1.29 is 14.3 Å². The van der Waals surface area contributed by atoms with E-state index in [4.69, 9.17) is 14.3 Å². The molecule has 0 unspecified atom stereocenters. The molecule has 0 aliphatic carbocycles. The number of fused-ring (bicyclic) bond motifs is 1. The van der Waals surface area contributed by atoms with Crippen LogP contribution in [0.4, 0.5) is 0 Å². The minimum Gasteiger partial charge on any atom is -0.484 e. The molecule has 10 heavy (non-hydrogen) atoms. The number of methoxy groups -OCH3 is 1. The smallest absolute Gasteiger partial charge is 0.271 e. The van der Waals surface area contributed by atoms with Crippen molar-refractivity contribution in [3.05, 3.63) is 12.3 Å². The molecule has 0 spiro atoms. The number of hydrogen-bond donors (Lipinski definition) is 0. The fraction of sp³-hybridized carbons (Fsp3) is 0.500. The van der Waals surface area contributed by atoms with Crippen molar-refractivity contribution in [1.82, 2.24) is 0 Å². The van der Waals surface area contributed by atoms with Crippen LogP contribution in [0.15, 0.2) is 17.5 Å². The first-order chi connectivity index (χ1) is 4.92. The van der Waals surface area contributed by atoms with E-state index >= 15 is 0 Å². The van der Waals surface area contributed by atoms with Crippen molar-refractivity contribution >= 4 is 5.90 Å². The fourth-order valence-corrected chi connectivity index (χ4v) is 0.993. The van der Waals surface area contributed by atoms with Gasteiger partial charge in [0.2, 0.25) is 6.10 Å². The molecule has 0 aromatic carbocycles. The first kappa shape index (κ1) is 5.58. The molecule has 0 saturated carbocycles. The number of hydrogen-bond acceptors (Lipinski definition) is 4. The van der Waals surface area contributed by atoms with Crippen LogP contribution in [-0.4, -0.2) is 25.2 Å². The molecule has 0 amide bonds. The van der Waals surface area contributed by atoms with Gasteiger partial charge in [-0.15, -0.1) is 0 Å². The third-order valence-corrected chi connectivity index (χ3v) is 1.51. The Morgan fingerprint density at radius 2 is 2.60 bits per heavy atom. The Balaban J connectivity index is 2.14. The molecule has 0 bridgehead atoms. The van der Waals surface area contributed by atoms with E-state index in [0.717, 1.165) is 0 Å². The minimum atomic E-state index is -0.148. The predicted molar refractivity (Wildman–Crippen MR) is 33.3 cm³/mol. The molecule has 0 N–H and O–H groups in total. The first-order valence-corrected chi connectivity index (χ1v) is 3.01. The summed E-state index contributed by atoms with van der Waals surface area (Å²) >= 11 is 0. The average molecular weight is 141 g/mol. The van der Waals surface area contributed by atoms with Gasteiger partial charge in [-0.05, 0) is 11.2 Å². The van der Waals surface area contributed by atoms with Crippen molar-refractivity contribution in [2.24, 2.45) is 5.16 Å². The van der Waals surface area contributed by atoms with Gasteiger partial charge in [0.1, 0.15) is 0 Å². The van der Waals surface area contributed by atoms with Crippen LogP contribution < -0.4 is 0 Å². The Labute approximate surface area is 58.1 Å². The van der Waals surface area contributed by atoms with Crippen molar-refractivity contribution in [3.8, 4) is 0 Å². The predicted octanol–water partition coefficient (Wildman–Crippen LogP) is 0.258. The largest absolute Gasteiger partial charge is 0.484 e. The lowest BCUT2D eigenvalue weighted by atomic mass is 10.2. The first-order valence-electron chi connectivity index (χ1n) is 3.01. The summed E-state index contributed by atoms with van der Waals surface area (Å²) in [6.45, 7) is 0. The van der Waals surface area contributed by atoms with Gasteiger partial charge in [-0.1, -0.05) is 0 Å². The van der Waals surface area contributed by atoms with E-state index in [9.17, 15) is 0 Å². The van der Waals surface area contributed by atoms with Gasteiger partial charge in [0.05, 0.1) is 13.4 Å². The topological polar surface area (TPSA) is 40.0 Å². The second kappa shape index (κ2) is 1.90. The summed E-state index contributed by atoms with van der Waals surface area (Å²) in [4.78, 5) is 4.93. The monoisotopic (exact) mass is 141 g/mol. The molecule has 0 saturated heterocycles. The molecule has 2 rings (SSSR count). The standard InChI is InChI=1S/C6H7NO3/c1-8-6-5-4(10-7-6)2-3-9-5/h2-5H,1H3/t4-,5-/m1/s1. The molecule has 2 aliphatic heterocycles. The molecular weight excluding hydrogens is 134 g/mol. The van der Waals surface area contributed by atoms with Crippen LogP contribution in [0.2, 0.25) is 0 Å². The van der Waals surface area contributed by atoms with Crippen LogP contribution in [0.25, 0.3) is 0 Å². The summed E-state index contributed by atoms with van der Waals surface area (Å²) in [6.07, 6.45) is 3.18.